The van der Waals surface area contributed by atoms with Crippen LogP contribution in [0.5, 0.6) is 0 Å². The van der Waals surface area contributed by atoms with Crippen LogP contribution < -0.4 is 10.9 Å². The molecule has 7 heteroatoms. The highest BCUT2D eigenvalue weighted by atomic mass is 32.1. The van der Waals surface area contributed by atoms with E-state index in [1.165, 1.54) is 11.3 Å². The average Bonchev–Trinajstić information content (AvgIpc) is 2.92. The van der Waals surface area contributed by atoms with Gasteiger partial charge in [0.2, 0.25) is 0 Å². The molecular weight excluding hydrogens is 348 g/mol. The summed E-state index contributed by atoms with van der Waals surface area (Å²) >= 11 is 1.26. The van der Waals surface area contributed by atoms with Gasteiger partial charge in [0.05, 0.1) is 22.8 Å². The summed E-state index contributed by atoms with van der Waals surface area (Å²) in [4.78, 5) is 35.6. The number of amides is 1. The van der Waals surface area contributed by atoms with E-state index in [4.69, 9.17) is 0 Å². The molecule has 136 valence electrons. The first-order valence-electron chi connectivity index (χ1n) is 8.39. The highest BCUT2D eigenvalue weighted by molar-refractivity contribution is 7.20. The Kier molecular flexibility index (Phi) is 5.20. The molecular formula is C19H22N4O2S. The van der Waals surface area contributed by atoms with Crippen LogP contribution in [0.2, 0.25) is 0 Å². The second-order valence-corrected chi connectivity index (χ2v) is 7.59. The van der Waals surface area contributed by atoms with Crippen molar-refractivity contribution >= 4 is 27.5 Å². The molecule has 6 nitrogen and oxygen atoms in total. The fraction of sp³-hybridized carbons (Fsp3) is 0.316. The molecule has 3 aromatic rings. The van der Waals surface area contributed by atoms with Crippen molar-refractivity contribution in [1.82, 2.24) is 20.2 Å². The maximum Gasteiger partial charge on any atom is 0.262 e. The van der Waals surface area contributed by atoms with Crippen LogP contribution in [0.3, 0.4) is 0 Å². The number of carbonyl (C=O) groups is 1. The third-order valence-electron chi connectivity index (χ3n) is 4.17. The quantitative estimate of drug-likeness (QED) is 0.724. The van der Waals surface area contributed by atoms with Crippen LogP contribution in [0, 0.1) is 6.92 Å². The van der Waals surface area contributed by atoms with Crippen LogP contribution in [-0.2, 0) is 6.54 Å². The maximum atomic E-state index is 12.7. The smallest absolute Gasteiger partial charge is 0.262 e. The average molecular weight is 370 g/mol. The first kappa shape index (κ1) is 18.3. The number of aryl methyl sites for hydroxylation is 1. The Morgan fingerprint density at radius 3 is 2.65 bits per heavy atom. The predicted molar refractivity (Wildman–Crippen MR) is 105 cm³/mol. The molecule has 1 atom stereocenters. The maximum absolute atomic E-state index is 12.7. The van der Waals surface area contributed by atoms with Gasteiger partial charge in [0.25, 0.3) is 11.5 Å². The van der Waals surface area contributed by atoms with E-state index in [1.807, 2.05) is 56.3 Å². The number of aromatic nitrogens is 2. The Hall–Kier alpha value is -2.51. The number of carbonyl (C=O) groups excluding carboxylic acids is 1. The van der Waals surface area contributed by atoms with Crippen molar-refractivity contribution in [2.75, 3.05) is 14.1 Å². The minimum absolute atomic E-state index is 0.121. The van der Waals surface area contributed by atoms with Gasteiger partial charge in [0.15, 0.2) is 0 Å². The van der Waals surface area contributed by atoms with E-state index in [9.17, 15) is 9.59 Å². The molecule has 0 saturated carbocycles. The van der Waals surface area contributed by atoms with Gasteiger partial charge in [0, 0.05) is 0 Å². The van der Waals surface area contributed by atoms with E-state index in [2.05, 4.69) is 15.3 Å². The Morgan fingerprint density at radius 1 is 1.31 bits per heavy atom. The number of hydrogen-bond donors (Lipinski definition) is 2. The minimum Gasteiger partial charge on any atom is -0.345 e. The number of rotatable bonds is 5. The van der Waals surface area contributed by atoms with Crippen molar-refractivity contribution in [2.45, 2.75) is 26.4 Å². The van der Waals surface area contributed by atoms with Gasteiger partial charge in [-0.2, -0.15) is 0 Å². The summed E-state index contributed by atoms with van der Waals surface area (Å²) in [6.45, 7) is 4.27. The predicted octanol–water partition coefficient (Wildman–Crippen LogP) is 2.85. The van der Waals surface area contributed by atoms with Crippen molar-refractivity contribution in [2.24, 2.45) is 0 Å². The van der Waals surface area contributed by atoms with Crippen LogP contribution in [0.1, 0.15) is 39.6 Å². The molecule has 1 aromatic carbocycles. The Morgan fingerprint density at radius 2 is 2.00 bits per heavy atom. The zero-order valence-electron chi connectivity index (χ0n) is 15.3. The molecule has 3 rings (SSSR count). The normalized spacial score (nSPS) is 12.5. The lowest BCUT2D eigenvalue weighted by Gasteiger charge is -2.13. The number of hydrogen-bond acceptors (Lipinski definition) is 5. The van der Waals surface area contributed by atoms with Gasteiger partial charge in [-0.1, -0.05) is 30.3 Å². The van der Waals surface area contributed by atoms with E-state index in [-0.39, 0.29) is 17.5 Å². The van der Waals surface area contributed by atoms with Crippen LogP contribution in [0.15, 0.2) is 35.1 Å². The molecule has 0 spiro atoms. The molecule has 26 heavy (non-hydrogen) atoms. The molecule has 0 radical (unpaired) electrons. The van der Waals surface area contributed by atoms with Crippen molar-refractivity contribution in [3.63, 3.8) is 0 Å². The zero-order chi connectivity index (χ0) is 18.8. The summed E-state index contributed by atoms with van der Waals surface area (Å²) in [5.74, 6) is 0.411. The largest absolute Gasteiger partial charge is 0.345 e. The topological polar surface area (TPSA) is 78.1 Å². The van der Waals surface area contributed by atoms with Gasteiger partial charge >= 0.3 is 0 Å². The van der Waals surface area contributed by atoms with Gasteiger partial charge in [0.1, 0.15) is 10.7 Å². The number of H-pyrrole nitrogens is 1. The highest BCUT2D eigenvalue weighted by Crippen LogP contribution is 2.27. The van der Waals surface area contributed by atoms with E-state index in [0.717, 1.165) is 5.56 Å². The SMILES string of the molecule is Cc1c(C(=O)NC(C)c2ccccc2)sc2nc(CN(C)C)[nH]c(=O)c12. The van der Waals surface area contributed by atoms with Crippen LogP contribution >= 0.6 is 11.3 Å². The molecule has 0 aliphatic carbocycles. The van der Waals surface area contributed by atoms with Crippen LogP contribution in [0.4, 0.5) is 0 Å². The zero-order valence-corrected chi connectivity index (χ0v) is 16.1. The van der Waals surface area contributed by atoms with E-state index in [1.54, 1.807) is 6.92 Å². The second-order valence-electron chi connectivity index (χ2n) is 6.59. The fourth-order valence-electron chi connectivity index (χ4n) is 2.87. The van der Waals surface area contributed by atoms with Crippen molar-refractivity contribution in [3.8, 4) is 0 Å². The summed E-state index contributed by atoms with van der Waals surface area (Å²) in [5, 5.41) is 3.50. The van der Waals surface area contributed by atoms with Crippen molar-refractivity contribution < 1.29 is 4.79 Å². The molecule has 0 saturated heterocycles. The van der Waals surface area contributed by atoms with E-state index >= 15 is 0 Å². The Labute approximate surface area is 155 Å². The molecule has 0 aliphatic heterocycles. The molecule has 2 aromatic heterocycles. The van der Waals surface area contributed by atoms with E-state index < -0.39 is 0 Å². The van der Waals surface area contributed by atoms with Gasteiger partial charge < -0.3 is 15.2 Å². The third kappa shape index (κ3) is 3.68. The molecule has 0 bridgehead atoms. The molecule has 0 fully saturated rings. The van der Waals surface area contributed by atoms with Crippen LogP contribution in [0.25, 0.3) is 10.2 Å². The summed E-state index contributed by atoms with van der Waals surface area (Å²) < 4.78 is 0. The summed E-state index contributed by atoms with van der Waals surface area (Å²) in [6.07, 6.45) is 0. The molecule has 1 unspecified atom stereocenters. The van der Waals surface area contributed by atoms with Crippen molar-refractivity contribution in [3.05, 3.63) is 62.5 Å². The van der Waals surface area contributed by atoms with Gasteiger partial charge in [-0.25, -0.2) is 4.98 Å². The Balaban J connectivity index is 1.92. The lowest BCUT2D eigenvalue weighted by atomic mass is 10.1. The number of benzene rings is 1. The van der Waals surface area contributed by atoms with Gasteiger partial charge in [-0.3, -0.25) is 9.59 Å². The molecule has 0 aliphatic rings. The number of nitrogens with one attached hydrogen (secondary N) is 2. The molecule has 2 N–H and O–H groups in total. The van der Waals surface area contributed by atoms with Gasteiger partial charge in [-0.05, 0) is 39.1 Å². The number of fused-ring (bicyclic) bond motifs is 1. The fourth-order valence-corrected chi connectivity index (χ4v) is 3.97. The molecule has 2 heterocycles. The first-order chi connectivity index (χ1) is 12.4. The van der Waals surface area contributed by atoms with Crippen LogP contribution in [-0.4, -0.2) is 34.9 Å². The lowest BCUT2D eigenvalue weighted by molar-refractivity contribution is 0.0943. The minimum atomic E-state index is -0.198. The number of aromatic amines is 1. The first-order valence-corrected chi connectivity index (χ1v) is 9.21. The Bertz CT molecular complexity index is 992. The monoisotopic (exact) mass is 370 g/mol. The number of nitrogens with zero attached hydrogens (tertiary/aromatic N) is 2. The molecule has 1 amide bonds. The van der Waals surface area contributed by atoms with Crippen molar-refractivity contribution in [1.29, 1.82) is 0 Å². The summed E-state index contributed by atoms with van der Waals surface area (Å²) in [5.41, 5.74) is 1.51. The lowest BCUT2D eigenvalue weighted by Crippen LogP contribution is -2.26. The number of thiophene rings is 1. The highest BCUT2D eigenvalue weighted by Gasteiger charge is 2.21. The summed E-state index contributed by atoms with van der Waals surface area (Å²) in [7, 11) is 3.82. The third-order valence-corrected chi connectivity index (χ3v) is 5.35. The summed E-state index contributed by atoms with van der Waals surface area (Å²) in [6, 6.07) is 9.66. The van der Waals surface area contributed by atoms with E-state index in [0.29, 0.717) is 33.0 Å². The standard InChI is InChI=1S/C19H22N4O2S/c1-11-15-17(24)21-14(10-23(3)4)22-19(15)26-16(11)18(25)20-12(2)13-8-6-5-7-9-13/h5-9,12H,10H2,1-4H3,(H,20,25)(H,21,22,24). The van der Waals surface area contributed by atoms with Gasteiger partial charge in [-0.15, -0.1) is 11.3 Å². The second kappa shape index (κ2) is 7.39.